The minimum absolute atomic E-state index is 0.0540. The molecule has 2 bridgehead atoms. The Labute approximate surface area is 262 Å². The smallest absolute Gasteiger partial charge is 0.311 e. The zero-order valence-corrected chi connectivity index (χ0v) is 25.7. The molecule has 3 aromatic carbocycles. The van der Waals surface area contributed by atoms with Crippen molar-refractivity contribution < 1.29 is 24.2 Å². The number of likely N-dealkylation sites (tertiary alicyclic amines) is 1. The van der Waals surface area contributed by atoms with Gasteiger partial charge in [0.2, 0.25) is 5.91 Å². The number of hydrogen-bond donors (Lipinski definition) is 1. The Morgan fingerprint density at radius 2 is 1.80 bits per heavy atom. The first-order valence-corrected chi connectivity index (χ1v) is 16.0. The van der Waals surface area contributed by atoms with Gasteiger partial charge in [0.15, 0.2) is 0 Å². The SMILES string of the molecule is C=CCOC(=O)[C@H]1[C@H]2C(=O)N([C@@H](CO)Cc3ccccc3)C(C(=O)N(CC=C)c3ccc4ccccc4c3)C23CC[C@]1(C)S3. The molecule has 3 aliphatic rings. The van der Waals surface area contributed by atoms with Crippen LogP contribution in [0.3, 0.4) is 0 Å². The van der Waals surface area contributed by atoms with Crippen LogP contribution in [0.4, 0.5) is 5.69 Å². The first-order valence-electron chi connectivity index (χ1n) is 15.1. The molecule has 8 heteroatoms. The second-order valence-electron chi connectivity index (χ2n) is 12.2. The second-order valence-corrected chi connectivity index (χ2v) is 14.1. The van der Waals surface area contributed by atoms with Crippen LogP contribution in [-0.2, 0) is 25.5 Å². The Bertz CT molecular complexity index is 1610. The highest BCUT2D eigenvalue weighted by Crippen LogP contribution is 2.72. The predicted octanol–water partition coefficient (Wildman–Crippen LogP) is 5.17. The topological polar surface area (TPSA) is 87.1 Å². The van der Waals surface area contributed by atoms with Crippen LogP contribution in [-0.4, -0.2) is 69.1 Å². The van der Waals surface area contributed by atoms with Crippen LogP contribution in [0, 0.1) is 11.8 Å². The number of hydrogen-bond acceptors (Lipinski definition) is 6. The van der Waals surface area contributed by atoms with Crippen molar-refractivity contribution in [2.45, 2.75) is 47.8 Å². The number of carbonyl (C=O) groups excluding carboxylic acids is 3. The largest absolute Gasteiger partial charge is 0.461 e. The molecule has 3 heterocycles. The molecular formula is C36H38N2O5S. The number of aliphatic hydroxyl groups excluding tert-OH is 1. The molecular weight excluding hydrogens is 572 g/mol. The predicted molar refractivity (Wildman–Crippen MR) is 174 cm³/mol. The van der Waals surface area contributed by atoms with Crippen LogP contribution in [0.5, 0.6) is 0 Å². The van der Waals surface area contributed by atoms with Gasteiger partial charge in [-0.25, -0.2) is 0 Å². The summed E-state index contributed by atoms with van der Waals surface area (Å²) < 4.78 is 4.16. The Hall–Kier alpha value is -3.88. The lowest BCUT2D eigenvalue weighted by Gasteiger charge is -2.39. The zero-order valence-electron chi connectivity index (χ0n) is 24.9. The third-order valence-corrected chi connectivity index (χ3v) is 11.6. The molecule has 1 spiro atoms. The van der Waals surface area contributed by atoms with E-state index in [9.17, 15) is 14.7 Å². The maximum absolute atomic E-state index is 15.0. The summed E-state index contributed by atoms with van der Waals surface area (Å²) in [6, 6.07) is 22.0. The molecule has 1 N–H and O–H groups in total. The van der Waals surface area contributed by atoms with Gasteiger partial charge in [0.1, 0.15) is 12.6 Å². The van der Waals surface area contributed by atoms with Gasteiger partial charge in [-0.15, -0.1) is 18.3 Å². The molecule has 0 aromatic heterocycles. The van der Waals surface area contributed by atoms with Gasteiger partial charge in [0, 0.05) is 17.0 Å². The summed E-state index contributed by atoms with van der Waals surface area (Å²) in [5, 5.41) is 12.8. The van der Waals surface area contributed by atoms with Crippen molar-refractivity contribution in [2.75, 3.05) is 24.7 Å². The molecule has 3 fully saturated rings. The number of ether oxygens (including phenoxy) is 1. The quantitative estimate of drug-likeness (QED) is 0.238. The summed E-state index contributed by atoms with van der Waals surface area (Å²) in [5.74, 6) is -2.40. The van der Waals surface area contributed by atoms with Crippen LogP contribution < -0.4 is 4.90 Å². The number of esters is 1. The van der Waals surface area contributed by atoms with E-state index in [1.165, 1.54) is 6.08 Å². The zero-order chi connectivity index (χ0) is 31.1. The van der Waals surface area contributed by atoms with E-state index in [0.717, 1.165) is 16.3 Å². The first kappa shape index (κ1) is 30.2. The van der Waals surface area contributed by atoms with E-state index in [2.05, 4.69) is 13.2 Å². The first-order chi connectivity index (χ1) is 21.3. The monoisotopic (exact) mass is 610 g/mol. The summed E-state index contributed by atoms with van der Waals surface area (Å²) in [6.07, 6.45) is 4.86. The van der Waals surface area contributed by atoms with Gasteiger partial charge in [-0.3, -0.25) is 14.4 Å². The van der Waals surface area contributed by atoms with Crippen LogP contribution in [0.15, 0.2) is 98.1 Å². The van der Waals surface area contributed by atoms with E-state index in [0.29, 0.717) is 24.9 Å². The average molecular weight is 611 g/mol. The molecule has 6 rings (SSSR count). The Morgan fingerprint density at radius 3 is 2.50 bits per heavy atom. The minimum Gasteiger partial charge on any atom is -0.461 e. The fourth-order valence-electron chi connectivity index (χ4n) is 7.71. The highest BCUT2D eigenvalue weighted by Gasteiger charge is 2.78. The van der Waals surface area contributed by atoms with Gasteiger partial charge < -0.3 is 19.6 Å². The van der Waals surface area contributed by atoms with Crippen molar-refractivity contribution in [3.05, 3.63) is 104 Å². The lowest BCUT2D eigenvalue weighted by atomic mass is 9.66. The fraction of sp³-hybridized carbons (Fsp3) is 0.361. The molecule has 6 atom stereocenters. The van der Waals surface area contributed by atoms with Crippen molar-refractivity contribution in [1.29, 1.82) is 0 Å². The summed E-state index contributed by atoms with van der Waals surface area (Å²) in [4.78, 5) is 46.6. The molecule has 7 nitrogen and oxygen atoms in total. The van der Waals surface area contributed by atoms with Crippen molar-refractivity contribution in [2.24, 2.45) is 11.8 Å². The number of nitrogens with zero attached hydrogens (tertiary/aromatic N) is 2. The minimum atomic E-state index is -0.892. The summed E-state index contributed by atoms with van der Waals surface area (Å²) in [5.41, 5.74) is 1.65. The van der Waals surface area contributed by atoms with Gasteiger partial charge in [0.25, 0.3) is 5.91 Å². The van der Waals surface area contributed by atoms with Crippen LogP contribution >= 0.6 is 11.8 Å². The third kappa shape index (κ3) is 4.85. The second kappa shape index (κ2) is 11.9. The molecule has 0 saturated carbocycles. The molecule has 2 unspecified atom stereocenters. The maximum atomic E-state index is 15.0. The Balaban J connectivity index is 1.47. The fourth-order valence-corrected chi connectivity index (χ4v) is 10.0. The molecule has 228 valence electrons. The molecule has 3 aromatic rings. The van der Waals surface area contributed by atoms with Crippen molar-refractivity contribution >= 4 is 46.0 Å². The number of thioether (sulfide) groups is 1. The number of benzene rings is 3. The van der Waals surface area contributed by atoms with Gasteiger partial charge in [-0.2, -0.15) is 0 Å². The normalized spacial score (nSPS) is 27.6. The number of rotatable bonds is 11. The molecule has 3 aliphatic heterocycles. The molecule has 0 aliphatic carbocycles. The summed E-state index contributed by atoms with van der Waals surface area (Å²) >= 11 is 1.59. The summed E-state index contributed by atoms with van der Waals surface area (Å²) in [6.45, 7) is 9.59. The number of fused-ring (bicyclic) bond motifs is 2. The van der Waals surface area contributed by atoms with Crippen molar-refractivity contribution in [3.63, 3.8) is 0 Å². The number of carbonyl (C=O) groups is 3. The van der Waals surface area contributed by atoms with Gasteiger partial charge in [-0.1, -0.05) is 79.4 Å². The number of aliphatic hydroxyl groups is 1. The van der Waals surface area contributed by atoms with E-state index < -0.39 is 39.4 Å². The van der Waals surface area contributed by atoms with E-state index >= 15 is 4.79 Å². The Morgan fingerprint density at radius 1 is 1.07 bits per heavy atom. The Kier molecular flexibility index (Phi) is 8.16. The van der Waals surface area contributed by atoms with Crippen LogP contribution in [0.1, 0.15) is 25.3 Å². The standard InChI is InChI=1S/C36H38N2O5S/c1-4-19-37(27-16-15-25-13-9-10-14-26(25)22-27)33(41)31-36-18-17-35(3,44-36)30(34(42)43-20-5-2)29(36)32(40)38(31)28(23-39)21-24-11-7-6-8-12-24/h4-16,22,28-31,39H,1-2,17-21,23H2,3H3/t28-,29+,30-,31?,35+,36?/m1/s1. The summed E-state index contributed by atoms with van der Waals surface area (Å²) in [7, 11) is 0. The highest BCUT2D eigenvalue weighted by atomic mass is 32.2. The lowest BCUT2D eigenvalue weighted by Crippen LogP contribution is -2.58. The number of amides is 2. The molecule has 44 heavy (non-hydrogen) atoms. The van der Waals surface area contributed by atoms with Crippen LogP contribution in [0.25, 0.3) is 10.8 Å². The van der Waals surface area contributed by atoms with Crippen molar-refractivity contribution in [1.82, 2.24) is 4.90 Å². The van der Waals surface area contributed by atoms with E-state index in [1.807, 2.05) is 79.7 Å². The average Bonchev–Trinajstić information content (AvgIpc) is 3.61. The third-order valence-electron chi connectivity index (χ3n) is 9.59. The van der Waals surface area contributed by atoms with Gasteiger partial charge in [0.05, 0.1) is 29.2 Å². The molecule has 3 saturated heterocycles. The number of anilines is 1. The highest BCUT2D eigenvalue weighted by molar-refractivity contribution is 8.02. The van der Waals surface area contributed by atoms with Crippen LogP contribution in [0.2, 0.25) is 0 Å². The lowest BCUT2D eigenvalue weighted by molar-refractivity contribution is -0.155. The van der Waals surface area contributed by atoms with E-state index in [-0.39, 0.29) is 31.6 Å². The van der Waals surface area contributed by atoms with E-state index in [4.69, 9.17) is 4.74 Å². The van der Waals surface area contributed by atoms with E-state index in [1.54, 1.807) is 27.6 Å². The maximum Gasteiger partial charge on any atom is 0.311 e. The van der Waals surface area contributed by atoms with Crippen molar-refractivity contribution in [3.8, 4) is 0 Å². The van der Waals surface area contributed by atoms with Gasteiger partial charge >= 0.3 is 5.97 Å². The van der Waals surface area contributed by atoms with Gasteiger partial charge in [-0.05, 0) is 54.7 Å². The molecule has 2 amide bonds. The molecule has 0 radical (unpaired) electrons.